The molecule has 1 unspecified atom stereocenters. The number of thiophene rings is 1. The van der Waals surface area contributed by atoms with E-state index < -0.39 is 5.97 Å². The van der Waals surface area contributed by atoms with Crippen LogP contribution in [-0.2, 0) is 20.7 Å². The molecule has 0 radical (unpaired) electrons. The van der Waals surface area contributed by atoms with Gasteiger partial charge in [-0.1, -0.05) is 18.2 Å². The van der Waals surface area contributed by atoms with Crippen LogP contribution in [0.3, 0.4) is 0 Å². The van der Waals surface area contributed by atoms with Gasteiger partial charge in [-0.15, -0.1) is 11.3 Å². The van der Waals surface area contributed by atoms with Crippen molar-refractivity contribution in [2.75, 3.05) is 13.2 Å². The second-order valence-electron chi connectivity index (χ2n) is 7.03. The summed E-state index contributed by atoms with van der Waals surface area (Å²) in [6, 6.07) is 2.08. The number of carbonyl (C=O) groups is 2. The van der Waals surface area contributed by atoms with Gasteiger partial charge >= 0.3 is 5.97 Å². The van der Waals surface area contributed by atoms with Crippen LogP contribution in [0, 0.1) is 18.8 Å². The molecule has 1 aliphatic carbocycles. The number of rotatable bonds is 11. The Bertz CT molecular complexity index is 705. The van der Waals surface area contributed by atoms with Gasteiger partial charge in [0, 0.05) is 20.6 Å². The highest BCUT2D eigenvalue weighted by Gasteiger charge is 2.32. The van der Waals surface area contributed by atoms with E-state index in [1.54, 1.807) is 23.5 Å². The molecular formula is C21H27BrO5S. The van der Waals surface area contributed by atoms with Gasteiger partial charge in [0.05, 0.1) is 12.7 Å². The van der Waals surface area contributed by atoms with Gasteiger partial charge < -0.3 is 14.9 Å². The summed E-state index contributed by atoms with van der Waals surface area (Å²) in [5.74, 6) is -0.617. The minimum absolute atomic E-state index is 0.0793. The van der Waals surface area contributed by atoms with E-state index in [0.29, 0.717) is 12.8 Å². The third kappa shape index (κ3) is 7.62. The number of hydrogen-bond acceptors (Lipinski definition) is 5. The third-order valence-corrected chi connectivity index (χ3v) is 7.11. The van der Waals surface area contributed by atoms with E-state index >= 15 is 0 Å². The highest BCUT2D eigenvalue weighted by molar-refractivity contribution is 9.10. The number of hydrogen-bond donors (Lipinski definition) is 2. The largest absolute Gasteiger partial charge is 0.480 e. The Morgan fingerprint density at radius 2 is 2.14 bits per heavy atom. The van der Waals surface area contributed by atoms with Gasteiger partial charge in [-0.3, -0.25) is 4.79 Å². The monoisotopic (exact) mass is 470 g/mol. The normalized spacial score (nSPS) is 22.5. The Morgan fingerprint density at radius 1 is 1.36 bits per heavy atom. The van der Waals surface area contributed by atoms with Crippen LogP contribution in [-0.4, -0.2) is 41.3 Å². The van der Waals surface area contributed by atoms with Crippen molar-refractivity contribution in [3.05, 3.63) is 44.6 Å². The highest BCUT2D eigenvalue weighted by atomic mass is 79.9. The molecule has 0 amide bonds. The maximum absolute atomic E-state index is 12.2. The fourth-order valence-corrected chi connectivity index (χ4v) is 4.99. The molecule has 2 rings (SSSR count). The number of aliphatic hydroxyl groups is 1. The SMILES string of the molecule is Cc1sc(CCC(=O)C=C[C@H]2CCC(O)[C@@H]2CC=CCOCC(=O)O)cc1Br. The molecule has 1 aromatic rings. The minimum atomic E-state index is -0.990. The predicted molar refractivity (Wildman–Crippen MR) is 114 cm³/mol. The first-order chi connectivity index (χ1) is 13.4. The molecule has 1 aromatic heterocycles. The number of allylic oxidation sites excluding steroid dienone is 3. The van der Waals surface area contributed by atoms with Crippen LogP contribution >= 0.6 is 27.3 Å². The van der Waals surface area contributed by atoms with Gasteiger partial charge in [0.1, 0.15) is 6.61 Å². The summed E-state index contributed by atoms with van der Waals surface area (Å²) in [6.07, 6.45) is 10.5. The molecule has 3 atom stereocenters. The van der Waals surface area contributed by atoms with Crippen LogP contribution in [0.2, 0.25) is 0 Å². The van der Waals surface area contributed by atoms with Crippen molar-refractivity contribution in [3.8, 4) is 0 Å². The van der Waals surface area contributed by atoms with Gasteiger partial charge in [0.2, 0.25) is 0 Å². The number of aliphatic hydroxyl groups excluding tert-OH is 1. The summed E-state index contributed by atoms with van der Waals surface area (Å²) in [7, 11) is 0. The lowest BCUT2D eigenvalue weighted by molar-refractivity contribution is -0.141. The molecule has 0 aromatic carbocycles. The van der Waals surface area contributed by atoms with Gasteiger partial charge in [-0.05, 0) is 72.5 Å². The van der Waals surface area contributed by atoms with Gasteiger partial charge in [0.15, 0.2) is 5.78 Å². The first-order valence-corrected chi connectivity index (χ1v) is 11.1. The van der Waals surface area contributed by atoms with E-state index in [4.69, 9.17) is 9.84 Å². The lowest BCUT2D eigenvalue weighted by Gasteiger charge is -2.17. The quantitative estimate of drug-likeness (QED) is 0.286. The summed E-state index contributed by atoms with van der Waals surface area (Å²) < 4.78 is 6.05. The van der Waals surface area contributed by atoms with E-state index in [2.05, 4.69) is 28.9 Å². The van der Waals surface area contributed by atoms with Crippen molar-refractivity contribution in [1.82, 2.24) is 0 Å². The topological polar surface area (TPSA) is 83.8 Å². The van der Waals surface area contributed by atoms with Gasteiger partial charge in [-0.2, -0.15) is 0 Å². The minimum Gasteiger partial charge on any atom is -0.480 e. The summed E-state index contributed by atoms with van der Waals surface area (Å²) >= 11 is 5.21. The van der Waals surface area contributed by atoms with E-state index in [0.717, 1.165) is 23.7 Å². The summed E-state index contributed by atoms with van der Waals surface area (Å²) in [6.45, 7) is 1.98. The van der Waals surface area contributed by atoms with Gasteiger partial charge in [0.25, 0.3) is 0 Å². The van der Waals surface area contributed by atoms with Crippen LogP contribution in [0.15, 0.2) is 34.8 Å². The molecule has 5 nitrogen and oxygen atoms in total. The molecular weight excluding hydrogens is 444 g/mol. The van der Waals surface area contributed by atoms with Crippen molar-refractivity contribution in [2.45, 2.75) is 45.1 Å². The van der Waals surface area contributed by atoms with Crippen molar-refractivity contribution in [1.29, 1.82) is 0 Å². The molecule has 2 N–H and O–H groups in total. The standard InChI is InChI=1S/C21H27BrO5S/c1-14-19(22)12-17(28-14)9-8-16(23)7-5-15-6-10-20(24)18(15)4-2-3-11-27-13-21(25)26/h2-3,5,7,12,15,18,20,24H,4,6,8-11,13H2,1H3,(H,25,26)/t15-,18+,20?/m0/s1. The zero-order valence-electron chi connectivity index (χ0n) is 16.0. The Hall–Kier alpha value is -1.28. The molecule has 0 bridgehead atoms. The molecule has 154 valence electrons. The van der Waals surface area contributed by atoms with E-state index in [1.165, 1.54) is 9.75 Å². The molecule has 0 saturated heterocycles. The Balaban J connectivity index is 1.77. The number of aryl methyl sites for hydroxylation is 2. The number of carboxylic acid groups (broad SMARTS) is 1. The zero-order chi connectivity index (χ0) is 20.5. The molecule has 1 heterocycles. The molecule has 7 heteroatoms. The second kappa shape index (κ2) is 11.7. The second-order valence-corrected chi connectivity index (χ2v) is 9.23. The smallest absolute Gasteiger partial charge is 0.329 e. The molecule has 28 heavy (non-hydrogen) atoms. The van der Waals surface area contributed by atoms with E-state index in [9.17, 15) is 14.7 Å². The number of aliphatic carboxylic acids is 1. The fourth-order valence-electron chi connectivity index (χ4n) is 3.38. The van der Waals surface area contributed by atoms with Crippen LogP contribution in [0.25, 0.3) is 0 Å². The first kappa shape index (κ1) is 23.0. The maximum atomic E-state index is 12.2. The summed E-state index contributed by atoms with van der Waals surface area (Å²) in [5, 5.41) is 18.7. The third-order valence-electron chi connectivity index (χ3n) is 4.91. The van der Waals surface area contributed by atoms with Crippen molar-refractivity contribution in [3.63, 3.8) is 0 Å². The summed E-state index contributed by atoms with van der Waals surface area (Å²) in [5.41, 5.74) is 0. The van der Waals surface area contributed by atoms with Crippen LogP contribution in [0.1, 0.15) is 35.4 Å². The zero-order valence-corrected chi connectivity index (χ0v) is 18.4. The van der Waals surface area contributed by atoms with Crippen LogP contribution in [0.4, 0.5) is 0 Å². The van der Waals surface area contributed by atoms with Gasteiger partial charge in [-0.25, -0.2) is 4.79 Å². The van der Waals surface area contributed by atoms with E-state index in [-0.39, 0.29) is 36.9 Å². The molecule has 0 spiro atoms. The maximum Gasteiger partial charge on any atom is 0.329 e. The highest BCUT2D eigenvalue weighted by Crippen LogP contribution is 2.36. The lowest BCUT2D eigenvalue weighted by atomic mass is 9.90. The Kier molecular flexibility index (Phi) is 9.58. The number of halogens is 1. The molecule has 1 saturated carbocycles. The Labute approximate surface area is 178 Å². The Morgan fingerprint density at radius 3 is 2.82 bits per heavy atom. The fraction of sp³-hybridized carbons (Fsp3) is 0.524. The first-order valence-electron chi connectivity index (χ1n) is 9.45. The van der Waals surface area contributed by atoms with Crippen LogP contribution in [0.5, 0.6) is 0 Å². The predicted octanol–water partition coefficient (Wildman–Crippen LogP) is 4.31. The average molecular weight is 471 g/mol. The number of carbonyl (C=O) groups excluding carboxylic acids is 1. The lowest BCUT2D eigenvalue weighted by Crippen LogP contribution is -2.17. The molecule has 1 aliphatic rings. The van der Waals surface area contributed by atoms with Crippen molar-refractivity contribution >= 4 is 39.0 Å². The number of carboxylic acids is 1. The summed E-state index contributed by atoms with van der Waals surface area (Å²) in [4.78, 5) is 25.0. The van der Waals surface area contributed by atoms with Crippen molar-refractivity contribution < 1.29 is 24.5 Å². The average Bonchev–Trinajstić information content (AvgIpc) is 3.16. The molecule has 1 fully saturated rings. The number of ketones is 1. The van der Waals surface area contributed by atoms with Crippen LogP contribution < -0.4 is 0 Å². The number of ether oxygens (including phenoxy) is 1. The molecule has 0 aliphatic heterocycles. The van der Waals surface area contributed by atoms with Crippen molar-refractivity contribution in [2.24, 2.45) is 11.8 Å². The van der Waals surface area contributed by atoms with E-state index in [1.807, 2.05) is 12.2 Å².